The zero-order valence-corrected chi connectivity index (χ0v) is 17.0. The Hall–Kier alpha value is -4.27. The van der Waals surface area contributed by atoms with Gasteiger partial charge in [-0.05, 0) is 43.3 Å². The smallest absolute Gasteiger partial charge is 0.264 e. The van der Waals surface area contributed by atoms with Gasteiger partial charge in [0.05, 0.1) is 11.9 Å². The summed E-state index contributed by atoms with van der Waals surface area (Å²) < 4.78 is 2.84. The average molecular weight is 416 g/mol. The summed E-state index contributed by atoms with van der Waals surface area (Å²) in [7, 11) is 0. The van der Waals surface area contributed by atoms with Gasteiger partial charge in [-0.1, -0.05) is 17.7 Å². The van der Waals surface area contributed by atoms with E-state index in [1.807, 2.05) is 31.2 Å². The Labute approximate surface area is 177 Å². The average Bonchev–Trinajstić information content (AvgIpc) is 3.17. The molecule has 2 aromatic carbocycles. The molecule has 0 saturated carbocycles. The second-order valence-electron chi connectivity index (χ2n) is 7.11. The lowest BCUT2D eigenvalue weighted by Crippen LogP contribution is -2.27. The van der Waals surface area contributed by atoms with Crippen LogP contribution in [-0.2, 0) is 16.1 Å². The molecule has 4 rings (SSSR count). The monoisotopic (exact) mass is 416 g/mol. The molecule has 31 heavy (non-hydrogen) atoms. The molecular weight excluding hydrogens is 396 g/mol. The lowest BCUT2D eigenvalue weighted by molar-refractivity contribution is -0.117. The molecule has 0 bridgehead atoms. The van der Waals surface area contributed by atoms with Crippen LogP contribution in [0.5, 0.6) is 0 Å². The number of carbonyl (C=O) groups is 2. The molecule has 0 saturated heterocycles. The summed E-state index contributed by atoms with van der Waals surface area (Å²) >= 11 is 0. The molecule has 0 spiro atoms. The van der Waals surface area contributed by atoms with Crippen molar-refractivity contribution in [2.75, 3.05) is 10.6 Å². The van der Waals surface area contributed by atoms with Crippen LogP contribution < -0.4 is 16.2 Å². The topological polar surface area (TPSA) is 111 Å². The van der Waals surface area contributed by atoms with Gasteiger partial charge in [0.15, 0.2) is 5.65 Å². The van der Waals surface area contributed by atoms with E-state index in [1.165, 1.54) is 24.0 Å². The molecular formula is C22H20N6O3. The molecule has 0 atom stereocenters. The zero-order valence-electron chi connectivity index (χ0n) is 17.0. The van der Waals surface area contributed by atoms with Crippen LogP contribution in [0.4, 0.5) is 11.4 Å². The maximum atomic E-state index is 12.8. The van der Waals surface area contributed by atoms with Crippen molar-refractivity contribution < 1.29 is 9.59 Å². The van der Waals surface area contributed by atoms with E-state index in [-0.39, 0.29) is 23.9 Å². The number of nitrogens with one attached hydrogen (secondary N) is 2. The second-order valence-corrected chi connectivity index (χ2v) is 7.11. The van der Waals surface area contributed by atoms with Crippen molar-refractivity contribution in [3.8, 4) is 5.69 Å². The van der Waals surface area contributed by atoms with E-state index in [4.69, 9.17) is 0 Å². The standard InChI is InChI=1S/C22H20N6O3/c1-14-3-9-18(10-4-14)28-21-19(11-24-28)22(31)27(13-23-21)12-20(30)26-17-7-5-16(6-8-17)25-15(2)29/h3-11,13H,12H2,1-2H3,(H,25,29)(H,26,30). The summed E-state index contributed by atoms with van der Waals surface area (Å²) in [5.41, 5.74) is 3.17. The number of fused-ring (bicyclic) bond motifs is 1. The van der Waals surface area contributed by atoms with Gasteiger partial charge in [-0.2, -0.15) is 5.10 Å². The van der Waals surface area contributed by atoms with Crippen LogP contribution >= 0.6 is 0 Å². The predicted molar refractivity (Wildman–Crippen MR) is 117 cm³/mol. The first-order chi connectivity index (χ1) is 14.9. The van der Waals surface area contributed by atoms with Crippen LogP contribution in [0.1, 0.15) is 12.5 Å². The largest absolute Gasteiger partial charge is 0.326 e. The van der Waals surface area contributed by atoms with Crippen LogP contribution in [0.2, 0.25) is 0 Å². The Morgan fingerprint density at radius 2 is 1.61 bits per heavy atom. The van der Waals surface area contributed by atoms with Crippen molar-refractivity contribution in [1.82, 2.24) is 19.3 Å². The number of anilines is 2. The maximum absolute atomic E-state index is 12.8. The third-order valence-corrected chi connectivity index (χ3v) is 4.64. The Balaban J connectivity index is 1.51. The van der Waals surface area contributed by atoms with Crippen molar-refractivity contribution in [3.05, 3.63) is 77.0 Å². The Kier molecular flexibility index (Phi) is 5.31. The summed E-state index contributed by atoms with van der Waals surface area (Å²) in [4.78, 5) is 40.6. The summed E-state index contributed by atoms with van der Waals surface area (Å²) in [6.45, 7) is 3.22. The summed E-state index contributed by atoms with van der Waals surface area (Å²) in [5.74, 6) is -0.550. The highest BCUT2D eigenvalue weighted by Crippen LogP contribution is 2.15. The van der Waals surface area contributed by atoms with Gasteiger partial charge in [-0.25, -0.2) is 9.67 Å². The van der Waals surface area contributed by atoms with Gasteiger partial charge < -0.3 is 10.6 Å². The molecule has 0 aliphatic carbocycles. The SMILES string of the molecule is CC(=O)Nc1ccc(NC(=O)Cn2cnc3c(cnn3-c3ccc(C)cc3)c2=O)cc1. The summed E-state index contributed by atoms with van der Waals surface area (Å²) in [5, 5.41) is 9.99. The Morgan fingerprint density at radius 1 is 0.968 bits per heavy atom. The highest BCUT2D eigenvalue weighted by atomic mass is 16.2. The molecule has 0 aliphatic heterocycles. The van der Waals surface area contributed by atoms with Crippen LogP contribution in [0.25, 0.3) is 16.7 Å². The van der Waals surface area contributed by atoms with Crippen LogP contribution in [0.3, 0.4) is 0 Å². The number of rotatable bonds is 5. The first-order valence-corrected chi connectivity index (χ1v) is 9.58. The van der Waals surface area contributed by atoms with Gasteiger partial charge in [0.2, 0.25) is 11.8 Å². The van der Waals surface area contributed by atoms with Crippen molar-refractivity contribution in [1.29, 1.82) is 0 Å². The molecule has 2 aromatic heterocycles. The minimum absolute atomic E-state index is 0.176. The highest BCUT2D eigenvalue weighted by molar-refractivity contribution is 5.92. The van der Waals surface area contributed by atoms with E-state index in [0.717, 1.165) is 11.3 Å². The second kappa shape index (κ2) is 8.23. The normalized spacial score (nSPS) is 10.8. The van der Waals surface area contributed by atoms with Crippen molar-refractivity contribution in [3.63, 3.8) is 0 Å². The predicted octanol–water partition coefficient (Wildman–Crippen LogP) is 2.49. The summed E-state index contributed by atoms with van der Waals surface area (Å²) in [6, 6.07) is 14.4. The fourth-order valence-electron chi connectivity index (χ4n) is 3.13. The number of carbonyl (C=O) groups excluding carboxylic acids is 2. The highest BCUT2D eigenvalue weighted by Gasteiger charge is 2.13. The molecule has 0 unspecified atom stereocenters. The maximum Gasteiger partial charge on any atom is 0.264 e. The molecule has 4 aromatic rings. The molecule has 0 radical (unpaired) electrons. The van der Waals surface area contributed by atoms with Crippen molar-refractivity contribution in [2.24, 2.45) is 0 Å². The van der Waals surface area contributed by atoms with Gasteiger partial charge in [-0.3, -0.25) is 19.0 Å². The molecule has 156 valence electrons. The lowest BCUT2D eigenvalue weighted by atomic mass is 10.2. The van der Waals surface area contributed by atoms with E-state index in [0.29, 0.717) is 22.4 Å². The number of benzene rings is 2. The fourth-order valence-corrected chi connectivity index (χ4v) is 3.13. The van der Waals surface area contributed by atoms with Crippen molar-refractivity contribution >= 4 is 34.2 Å². The number of aromatic nitrogens is 4. The third-order valence-electron chi connectivity index (χ3n) is 4.64. The van der Waals surface area contributed by atoms with Gasteiger partial charge >= 0.3 is 0 Å². The van der Waals surface area contributed by atoms with E-state index in [9.17, 15) is 14.4 Å². The number of hydrogen-bond donors (Lipinski definition) is 2. The molecule has 0 aliphatic rings. The molecule has 2 N–H and O–H groups in total. The lowest BCUT2D eigenvalue weighted by Gasteiger charge is -2.09. The molecule has 2 amide bonds. The number of hydrogen-bond acceptors (Lipinski definition) is 5. The van der Waals surface area contributed by atoms with Crippen LogP contribution in [0, 0.1) is 6.92 Å². The Bertz CT molecular complexity index is 1320. The van der Waals surface area contributed by atoms with E-state index in [2.05, 4.69) is 20.7 Å². The van der Waals surface area contributed by atoms with Gasteiger partial charge in [0.1, 0.15) is 18.3 Å². The number of amides is 2. The van der Waals surface area contributed by atoms with Gasteiger partial charge in [0.25, 0.3) is 5.56 Å². The van der Waals surface area contributed by atoms with Crippen molar-refractivity contribution in [2.45, 2.75) is 20.4 Å². The number of nitrogens with zero attached hydrogens (tertiary/aromatic N) is 4. The first kappa shape index (κ1) is 20.0. The molecule has 9 nitrogen and oxygen atoms in total. The van der Waals surface area contributed by atoms with Crippen LogP contribution in [0.15, 0.2) is 65.8 Å². The third kappa shape index (κ3) is 4.35. The molecule has 0 fully saturated rings. The minimum atomic E-state index is -0.374. The zero-order chi connectivity index (χ0) is 22.0. The quantitative estimate of drug-likeness (QED) is 0.519. The fraction of sp³-hybridized carbons (Fsp3) is 0.136. The number of aryl methyl sites for hydroxylation is 1. The molecule has 2 heterocycles. The minimum Gasteiger partial charge on any atom is -0.326 e. The van der Waals surface area contributed by atoms with Gasteiger partial charge in [-0.15, -0.1) is 0 Å². The molecule has 9 heteroatoms. The summed E-state index contributed by atoms with van der Waals surface area (Å²) in [6.07, 6.45) is 2.80. The van der Waals surface area contributed by atoms with E-state index >= 15 is 0 Å². The van der Waals surface area contributed by atoms with Gasteiger partial charge in [0, 0.05) is 18.3 Å². The van der Waals surface area contributed by atoms with E-state index < -0.39 is 0 Å². The van der Waals surface area contributed by atoms with Crippen LogP contribution in [-0.4, -0.2) is 31.1 Å². The first-order valence-electron chi connectivity index (χ1n) is 9.58. The van der Waals surface area contributed by atoms with E-state index in [1.54, 1.807) is 28.9 Å². The Morgan fingerprint density at radius 3 is 2.26 bits per heavy atom.